The van der Waals surface area contributed by atoms with E-state index >= 15 is 0 Å². The molecule has 1 N–H and O–H groups in total. The van der Waals surface area contributed by atoms with Gasteiger partial charge in [-0.3, -0.25) is 18.6 Å². The van der Waals surface area contributed by atoms with Crippen LogP contribution in [-0.2, 0) is 32.7 Å². The third-order valence-electron chi connectivity index (χ3n) is 12.1. The van der Waals surface area contributed by atoms with Crippen molar-refractivity contribution in [2.24, 2.45) is 0 Å². The van der Waals surface area contributed by atoms with Gasteiger partial charge in [-0.05, 0) is 116 Å². The normalized spacial score (nSPS) is 14.4. The number of quaternary nitrogens is 1. The number of hydrogen-bond donors (Lipinski definition) is 1. The maximum absolute atomic E-state index is 12.8. The van der Waals surface area contributed by atoms with E-state index in [0.717, 1.165) is 109 Å². The molecule has 0 fully saturated rings. The number of phosphoric ester groups is 1. The van der Waals surface area contributed by atoms with E-state index in [2.05, 4.69) is 166 Å². The molecule has 0 bridgehead atoms. The predicted molar refractivity (Wildman–Crippen MR) is 334 cm³/mol. The summed E-state index contributed by atoms with van der Waals surface area (Å²) in [7, 11) is 1.42. The Bertz CT molecular complexity index is 1870. The fourth-order valence-electron chi connectivity index (χ4n) is 7.48. The summed E-state index contributed by atoms with van der Waals surface area (Å²) in [6.45, 7) is 4.11. The van der Waals surface area contributed by atoms with Crippen LogP contribution in [0, 0.1) is 0 Å². The number of esters is 2. The van der Waals surface area contributed by atoms with Crippen LogP contribution in [0.25, 0.3) is 0 Å². The zero-order valence-corrected chi connectivity index (χ0v) is 50.7. The molecule has 0 radical (unpaired) electrons. The van der Waals surface area contributed by atoms with Gasteiger partial charge in [0.2, 0.25) is 0 Å². The van der Waals surface area contributed by atoms with E-state index < -0.39 is 32.5 Å². The van der Waals surface area contributed by atoms with Gasteiger partial charge in [0.25, 0.3) is 0 Å². The first kappa shape index (κ1) is 73.6. The first-order valence-electron chi connectivity index (χ1n) is 30.2. The van der Waals surface area contributed by atoms with Crippen LogP contribution in [0.15, 0.2) is 158 Å². The van der Waals surface area contributed by atoms with Gasteiger partial charge in [0.1, 0.15) is 19.8 Å². The Labute approximate surface area is 477 Å². The molecule has 0 aromatic rings. The van der Waals surface area contributed by atoms with Crippen molar-refractivity contribution in [1.82, 2.24) is 0 Å². The molecular weight excluding hydrogens is 990 g/mol. The van der Waals surface area contributed by atoms with Crippen molar-refractivity contribution in [2.45, 2.75) is 213 Å². The number of rotatable bonds is 53. The summed E-state index contributed by atoms with van der Waals surface area (Å²) in [5.74, 6) is -0.881. The van der Waals surface area contributed by atoms with Crippen molar-refractivity contribution in [2.75, 3.05) is 47.5 Å². The number of phosphoric acid groups is 1. The predicted octanol–water partition coefficient (Wildman–Crippen LogP) is 19.3. The summed E-state index contributed by atoms with van der Waals surface area (Å²) < 4.78 is 34.5. The minimum atomic E-state index is -4.42. The van der Waals surface area contributed by atoms with Crippen molar-refractivity contribution in [1.29, 1.82) is 0 Å². The molecule has 0 aromatic heterocycles. The van der Waals surface area contributed by atoms with Gasteiger partial charge in [0.15, 0.2) is 6.10 Å². The molecule has 2 unspecified atom stereocenters. The van der Waals surface area contributed by atoms with E-state index in [-0.39, 0.29) is 26.1 Å². The van der Waals surface area contributed by atoms with Crippen LogP contribution >= 0.6 is 7.82 Å². The van der Waals surface area contributed by atoms with Gasteiger partial charge in [-0.15, -0.1) is 0 Å². The van der Waals surface area contributed by atoms with E-state index in [1.54, 1.807) is 0 Å². The average Bonchev–Trinajstić information content (AvgIpc) is 3.40. The molecule has 2 atom stereocenters. The van der Waals surface area contributed by atoms with Gasteiger partial charge in [0, 0.05) is 12.8 Å². The molecule has 0 spiro atoms. The maximum atomic E-state index is 12.8. The van der Waals surface area contributed by atoms with E-state index in [4.69, 9.17) is 18.5 Å². The SMILES string of the molecule is CC/C=C\C/C=C\C/C=C\C/C=C\C/C=C\C/C=C\C/C=C\CCCC(=O)OC(COC(=O)CCCCCCCCCCCCCC/C=C\C/C=C\C/C=C\C/C=C\C/C=C\C/C=C\CC)COP(=O)(O)OCC[N+](C)(C)C. The first-order chi connectivity index (χ1) is 38.0. The number of likely N-dealkylation sites (N-methyl/N-ethyl adjacent to an activating group) is 1. The standard InChI is InChI=1S/C68H110NO8P/c1-6-8-10-12-14-16-18-20-22-24-26-28-30-31-32-33-34-35-36-37-39-40-42-44-46-48-50-52-54-56-58-60-67(70)74-64-66(65-76-78(72,73)75-63-62-69(3,4)5)77-68(71)61-59-57-55-53-51-49-47-45-43-41-38-29-27-25-23-21-19-17-15-13-11-9-7-2/h8-11,14-17,20-23,26-29,31-32,34-35,41,43,47,49,53,55,66H,6-7,12-13,18-19,24-25,30,33,36-40,42,44-46,48,50-52,54,56-65H2,1-5H3/p+1/b10-8-,11-9-,16-14-,17-15-,22-20-,23-21-,28-26-,29-27-,32-31-,35-34-,43-41-,49-47-,55-53-. The molecule has 0 aliphatic rings. The summed E-state index contributed by atoms with van der Waals surface area (Å²) in [4.78, 5) is 35.7. The zero-order chi connectivity index (χ0) is 57.0. The van der Waals surface area contributed by atoms with Gasteiger partial charge in [-0.1, -0.05) is 236 Å². The highest BCUT2D eigenvalue weighted by molar-refractivity contribution is 7.47. The van der Waals surface area contributed by atoms with E-state index in [1.807, 2.05) is 27.2 Å². The summed E-state index contributed by atoms with van der Waals surface area (Å²) in [6.07, 6.45) is 86.1. The number of hydrogen-bond acceptors (Lipinski definition) is 7. The smallest absolute Gasteiger partial charge is 0.462 e. The maximum Gasteiger partial charge on any atom is 0.472 e. The molecule has 0 aliphatic carbocycles. The third kappa shape index (κ3) is 60.9. The van der Waals surface area contributed by atoms with Crippen molar-refractivity contribution in [3.8, 4) is 0 Å². The fourth-order valence-corrected chi connectivity index (χ4v) is 8.22. The third-order valence-corrected chi connectivity index (χ3v) is 13.0. The topological polar surface area (TPSA) is 108 Å². The van der Waals surface area contributed by atoms with E-state index in [9.17, 15) is 19.0 Å². The van der Waals surface area contributed by atoms with Crippen molar-refractivity contribution < 1.29 is 42.1 Å². The number of carbonyl (C=O) groups excluding carboxylic acids is 2. The van der Waals surface area contributed by atoms with Crippen LogP contribution in [0.3, 0.4) is 0 Å². The van der Waals surface area contributed by atoms with Crippen LogP contribution in [0.1, 0.15) is 206 Å². The van der Waals surface area contributed by atoms with Crippen LogP contribution in [0.5, 0.6) is 0 Å². The largest absolute Gasteiger partial charge is 0.472 e. The molecule has 0 aromatic carbocycles. The Balaban J connectivity index is 4.25. The lowest BCUT2D eigenvalue weighted by Gasteiger charge is -2.24. The number of ether oxygens (including phenoxy) is 2. The van der Waals surface area contributed by atoms with Gasteiger partial charge in [-0.2, -0.15) is 0 Å². The van der Waals surface area contributed by atoms with Gasteiger partial charge >= 0.3 is 19.8 Å². The highest BCUT2D eigenvalue weighted by Gasteiger charge is 2.27. The molecule has 78 heavy (non-hydrogen) atoms. The summed E-state index contributed by atoms with van der Waals surface area (Å²) in [5.41, 5.74) is 0. The van der Waals surface area contributed by atoms with Crippen LogP contribution in [0.2, 0.25) is 0 Å². The van der Waals surface area contributed by atoms with E-state index in [0.29, 0.717) is 23.9 Å². The number of unbranched alkanes of at least 4 members (excludes halogenated alkanes) is 13. The monoisotopic (exact) mass is 1100 g/mol. The Morgan fingerprint density at radius 3 is 1.06 bits per heavy atom. The second-order valence-corrected chi connectivity index (χ2v) is 22.1. The van der Waals surface area contributed by atoms with E-state index in [1.165, 1.54) is 57.8 Å². The van der Waals surface area contributed by atoms with Crippen LogP contribution < -0.4 is 0 Å². The number of carbonyl (C=O) groups is 2. The first-order valence-corrected chi connectivity index (χ1v) is 31.7. The molecule has 10 heteroatoms. The van der Waals surface area contributed by atoms with Crippen molar-refractivity contribution in [3.05, 3.63) is 158 Å². The molecule has 440 valence electrons. The minimum Gasteiger partial charge on any atom is -0.462 e. The second-order valence-electron chi connectivity index (χ2n) is 20.6. The molecule has 0 saturated heterocycles. The lowest BCUT2D eigenvalue weighted by atomic mass is 10.0. The second kappa shape index (κ2) is 57.3. The van der Waals surface area contributed by atoms with Crippen LogP contribution in [0.4, 0.5) is 0 Å². The van der Waals surface area contributed by atoms with Crippen molar-refractivity contribution in [3.63, 3.8) is 0 Å². The molecule has 0 heterocycles. The summed E-state index contributed by atoms with van der Waals surface area (Å²) in [5, 5.41) is 0. The van der Waals surface area contributed by atoms with Gasteiger partial charge < -0.3 is 18.9 Å². The number of allylic oxidation sites excluding steroid dienone is 26. The highest BCUT2D eigenvalue weighted by Crippen LogP contribution is 2.43. The lowest BCUT2D eigenvalue weighted by molar-refractivity contribution is -0.870. The molecule has 0 aliphatic heterocycles. The molecular formula is C68H111NO8P+. The van der Waals surface area contributed by atoms with Crippen molar-refractivity contribution >= 4 is 19.8 Å². The highest BCUT2D eigenvalue weighted by atomic mass is 31.2. The Morgan fingerprint density at radius 2 is 0.705 bits per heavy atom. The molecule has 0 saturated carbocycles. The van der Waals surface area contributed by atoms with Gasteiger partial charge in [-0.25, -0.2) is 4.57 Å². The zero-order valence-electron chi connectivity index (χ0n) is 49.8. The average molecular weight is 1100 g/mol. The van der Waals surface area contributed by atoms with Gasteiger partial charge in [0.05, 0.1) is 27.7 Å². The number of nitrogens with zero attached hydrogens (tertiary/aromatic N) is 1. The Kier molecular flexibility index (Phi) is 54.1. The molecule has 9 nitrogen and oxygen atoms in total. The Hall–Kier alpha value is -4.37. The minimum absolute atomic E-state index is 0.0115. The molecule has 0 amide bonds. The summed E-state index contributed by atoms with van der Waals surface area (Å²) >= 11 is 0. The summed E-state index contributed by atoms with van der Waals surface area (Å²) in [6, 6.07) is 0. The quantitative estimate of drug-likeness (QED) is 0.0211. The lowest BCUT2D eigenvalue weighted by Crippen LogP contribution is -2.37. The Morgan fingerprint density at radius 1 is 0.397 bits per heavy atom. The van der Waals surface area contributed by atoms with Crippen LogP contribution in [-0.4, -0.2) is 74.9 Å². The molecule has 0 rings (SSSR count). The fraction of sp³-hybridized carbons (Fsp3) is 0.588.